The van der Waals surface area contributed by atoms with Crippen molar-refractivity contribution in [2.24, 2.45) is 29.6 Å². The molecule has 4 amide bonds. The first-order valence-corrected chi connectivity index (χ1v) is 16.6. The molecule has 0 radical (unpaired) electrons. The zero-order valence-electron chi connectivity index (χ0n) is 24.6. The molecule has 2 aliphatic heterocycles. The Labute approximate surface area is 252 Å². The summed E-state index contributed by atoms with van der Waals surface area (Å²) in [4.78, 5) is 59.9. The second-order valence-corrected chi connectivity index (χ2v) is 13.9. The number of likely N-dealkylation sites (tertiary alicyclic amines) is 2. The molecule has 0 unspecified atom stereocenters. The Balaban J connectivity index is 1.25. The van der Waals surface area contributed by atoms with Gasteiger partial charge in [-0.05, 0) is 61.5 Å². The van der Waals surface area contributed by atoms with Crippen molar-refractivity contribution in [1.82, 2.24) is 9.80 Å². The van der Waals surface area contributed by atoms with Crippen LogP contribution in [0.15, 0.2) is 48.0 Å². The maximum atomic E-state index is 14.4. The molecule has 2 aromatic rings. The van der Waals surface area contributed by atoms with Gasteiger partial charge in [-0.15, -0.1) is 0 Å². The number of benzene rings is 2. The van der Waals surface area contributed by atoms with E-state index in [1.54, 1.807) is 15.9 Å². The van der Waals surface area contributed by atoms with E-state index < -0.39 is 23.7 Å². The number of fused-ring (bicyclic) bond motifs is 5. The molecule has 6 atom stereocenters. The van der Waals surface area contributed by atoms with Crippen LogP contribution in [0.5, 0.6) is 5.75 Å². The zero-order valence-corrected chi connectivity index (χ0v) is 24.6. The number of hydrogen-bond donors (Lipinski definition) is 1. The van der Waals surface area contributed by atoms with Gasteiger partial charge in [-0.2, -0.15) is 0 Å². The molecule has 1 N–H and O–H groups in total. The SMILES string of the molecule is O=C1[C@H]2[C@H](CC=C3[C@H]2C[C@H]2C(=O)N(C4CCCCC4)C(=O)[C@H]2[C@H]3c2ccc(O)c3ccccc23)C(=O)N1C1CCCCC1. The van der Waals surface area contributed by atoms with Crippen molar-refractivity contribution >= 4 is 34.4 Å². The van der Waals surface area contributed by atoms with Gasteiger partial charge in [0.25, 0.3) is 0 Å². The van der Waals surface area contributed by atoms with Gasteiger partial charge in [0.1, 0.15) is 5.75 Å². The maximum absolute atomic E-state index is 14.4. The molecular weight excluding hydrogens is 540 g/mol. The molecule has 3 saturated carbocycles. The van der Waals surface area contributed by atoms with Crippen LogP contribution in [0.4, 0.5) is 0 Å². The lowest BCUT2D eigenvalue weighted by Crippen LogP contribution is -2.44. The fourth-order valence-electron chi connectivity index (χ4n) is 9.96. The molecule has 0 bridgehead atoms. The van der Waals surface area contributed by atoms with Gasteiger partial charge in [-0.3, -0.25) is 29.0 Å². The molecule has 224 valence electrons. The van der Waals surface area contributed by atoms with E-state index in [-0.39, 0.29) is 53.3 Å². The standard InChI is InChI=1S/C36H40N2O5/c39-29-18-17-24(22-13-7-8-14-23(22)29)30-25-15-16-26-31(35(42)37(33(26)40)20-9-3-1-4-10-20)27(25)19-28-32(30)36(43)38(34(28)41)21-11-5-2-6-12-21/h7-8,13-15,17-18,20-21,26-28,30-32,39H,1-6,9-12,16,19H2/t26-,27+,28+,30-,31-,32+/m0/s1. The van der Waals surface area contributed by atoms with E-state index in [4.69, 9.17) is 0 Å². The van der Waals surface area contributed by atoms with Crippen LogP contribution in [-0.2, 0) is 19.2 Å². The van der Waals surface area contributed by atoms with Crippen LogP contribution < -0.4 is 0 Å². The molecule has 0 aromatic heterocycles. The Hall–Kier alpha value is -3.48. The third-order valence-electron chi connectivity index (χ3n) is 11.9. The topological polar surface area (TPSA) is 95.0 Å². The lowest BCUT2D eigenvalue weighted by Gasteiger charge is -2.44. The monoisotopic (exact) mass is 580 g/mol. The number of phenols is 1. The smallest absolute Gasteiger partial charge is 0.234 e. The van der Waals surface area contributed by atoms with E-state index >= 15 is 0 Å². The van der Waals surface area contributed by atoms with Crippen molar-refractivity contribution in [2.75, 3.05) is 0 Å². The Bertz CT molecular complexity index is 1550. The third kappa shape index (κ3) is 3.99. The van der Waals surface area contributed by atoms with Crippen LogP contribution in [0.1, 0.15) is 88.5 Å². The fraction of sp³-hybridized carbons (Fsp3) is 0.556. The van der Waals surface area contributed by atoms with E-state index in [0.717, 1.165) is 80.7 Å². The van der Waals surface area contributed by atoms with Crippen molar-refractivity contribution < 1.29 is 24.3 Å². The Morgan fingerprint density at radius 3 is 1.84 bits per heavy atom. The number of aromatic hydroxyl groups is 1. The minimum Gasteiger partial charge on any atom is -0.507 e. The highest BCUT2D eigenvalue weighted by atomic mass is 16.3. The first-order chi connectivity index (χ1) is 21.0. The van der Waals surface area contributed by atoms with Crippen LogP contribution in [0.25, 0.3) is 10.8 Å². The Morgan fingerprint density at radius 2 is 1.19 bits per heavy atom. The molecule has 7 nitrogen and oxygen atoms in total. The molecule has 8 rings (SSSR count). The lowest BCUT2D eigenvalue weighted by atomic mass is 9.57. The molecule has 2 aromatic carbocycles. The molecule has 2 heterocycles. The van der Waals surface area contributed by atoms with Crippen LogP contribution in [0, 0.1) is 29.6 Å². The second kappa shape index (κ2) is 10.3. The number of hydrogen-bond acceptors (Lipinski definition) is 5. The molecule has 5 fully saturated rings. The first kappa shape index (κ1) is 27.1. The van der Waals surface area contributed by atoms with E-state index in [1.165, 1.54) is 0 Å². The number of nitrogens with zero attached hydrogens (tertiary/aromatic N) is 2. The summed E-state index contributed by atoms with van der Waals surface area (Å²) < 4.78 is 0. The fourth-order valence-corrected chi connectivity index (χ4v) is 9.96. The van der Waals surface area contributed by atoms with Gasteiger partial charge >= 0.3 is 0 Å². The minimum atomic E-state index is -0.539. The number of carbonyl (C=O) groups excluding carboxylic acids is 4. The summed E-state index contributed by atoms with van der Waals surface area (Å²) >= 11 is 0. The summed E-state index contributed by atoms with van der Waals surface area (Å²) in [5.74, 6) is -2.65. The molecule has 2 saturated heterocycles. The summed E-state index contributed by atoms with van der Waals surface area (Å²) in [7, 11) is 0. The van der Waals surface area contributed by atoms with Gasteiger partial charge in [-0.1, -0.05) is 80.5 Å². The molecule has 6 aliphatic rings. The Morgan fingerprint density at radius 1 is 0.605 bits per heavy atom. The third-order valence-corrected chi connectivity index (χ3v) is 11.9. The van der Waals surface area contributed by atoms with Gasteiger partial charge in [0, 0.05) is 23.4 Å². The van der Waals surface area contributed by atoms with Gasteiger partial charge in [0.2, 0.25) is 23.6 Å². The van der Waals surface area contributed by atoms with Crippen molar-refractivity contribution in [1.29, 1.82) is 0 Å². The first-order valence-electron chi connectivity index (χ1n) is 16.6. The van der Waals surface area contributed by atoms with Gasteiger partial charge < -0.3 is 5.11 Å². The quantitative estimate of drug-likeness (QED) is 0.363. The number of allylic oxidation sites excluding steroid dienone is 2. The van der Waals surface area contributed by atoms with Crippen molar-refractivity contribution in [3.05, 3.63) is 53.6 Å². The Kier molecular flexibility index (Phi) is 6.50. The number of amides is 4. The van der Waals surface area contributed by atoms with Crippen molar-refractivity contribution in [3.63, 3.8) is 0 Å². The summed E-state index contributed by atoms with van der Waals surface area (Å²) in [6.07, 6.45) is 12.9. The zero-order chi connectivity index (χ0) is 29.4. The van der Waals surface area contributed by atoms with E-state index in [9.17, 15) is 24.3 Å². The highest BCUT2D eigenvalue weighted by molar-refractivity contribution is 6.08. The highest BCUT2D eigenvalue weighted by Crippen LogP contribution is 2.59. The van der Waals surface area contributed by atoms with E-state index in [0.29, 0.717) is 18.2 Å². The summed E-state index contributed by atoms with van der Waals surface area (Å²) in [6.45, 7) is 0. The average molecular weight is 581 g/mol. The highest BCUT2D eigenvalue weighted by Gasteiger charge is 2.63. The van der Waals surface area contributed by atoms with Crippen LogP contribution in [-0.4, -0.2) is 50.6 Å². The number of rotatable bonds is 3. The van der Waals surface area contributed by atoms with Gasteiger partial charge in [0.15, 0.2) is 0 Å². The molecule has 7 heteroatoms. The van der Waals surface area contributed by atoms with Crippen LogP contribution >= 0.6 is 0 Å². The predicted octanol–water partition coefficient (Wildman–Crippen LogP) is 5.85. The summed E-state index contributed by atoms with van der Waals surface area (Å²) in [6, 6.07) is 11.2. The molecule has 4 aliphatic carbocycles. The van der Waals surface area contributed by atoms with Crippen LogP contribution in [0.3, 0.4) is 0 Å². The van der Waals surface area contributed by atoms with Crippen LogP contribution in [0.2, 0.25) is 0 Å². The normalized spacial score (nSPS) is 33.5. The predicted molar refractivity (Wildman–Crippen MR) is 161 cm³/mol. The van der Waals surface area contributed by atoms with E-state index in [2.05, 4.69) is 6.08 Å². The maximum Gasteiger partial charge on any atom is 0.234 e. The van der Waals surface area contributed by atoms with Crippen molar-refractivity contribution in [3.8, 4) is 5.75 Å². The minimum absolute atomic E-state index is 0.0209. The van der Waals surface area contributed by atoms with Gasteiger partial charge in [0.05, 0.1) is 23.7 Å². The van der Waals surface area contributed by atoms with Crippen molar-refractivity contribution in [2.45, 2.75) is 95.1 Å². The lowest BCUT2D eigenvalue weighted by molar-refractivity contribution is -0.145. The largest absolute Gasteiger partial charge is 0.507 e. The molecule has 43 heavy (non-hydrogen) atoms. The number of carbonyl (C=O) groups is 4. The molecular formula is C36H40N2O5. The average Bonchev–Trinajstić information content (AvgIpc) is 3.45. The summed E-state index contributed by atoms with van der Waals surface area (Å²) in [5, 5.41) is 12.3. The van der Waals surface area contributed by atoms with Gasteiger partial charge in [-0.25, -0.2) is 0 Å². The second-order valence-electron chi connectivity index (χ2n) is 13.9. The van der Waals surface area contributed by atoms with E-state index in [1.807, 2.05) is 30.3 Å². The summed E-state index contributed by atoms with van der Waals surface area (Å²) in [5.41, 5.74) is 1.96. The molecule has 0 spiro atoms. The number of phenolic OH excluding ortho intramolecular Hbond substituents is 1. The number of imide groups is 2.